The maximum Gasteiger partial charge on any atom is 0.401 e. The highest BCUT2D eigenvalue weighted by Crippen LogP contribution is 2.25. The molecule has 2 rings (SSSR count). The van der Waals surface area contributed by atoms with Crippen LogP contribution in [0.25, 0.3) is 11.6 Å². The predicted molar refractivity (Wildman–Crippen MR) is 42.2 cm³/mol. The summed E-state index contributed by atoms with van der Waals surface area (Å²) in [6.45, 7) is 0. The van der Waals surface area contributed by atoms with E-state index < -0.39 is 7.80 Å². The second-order valence-electron chi connectivity index (χ2n) is 2.25. The van der Waals surface area contributed by atoms with Crippen molar-refractivity contribution in [1.29, 1.82) is 0 Å². The van der Waals surface area contributed by atoms with Gasteiger partial charge < -0.3 is 0 Å². The van der Waals surface area contributed by atoms with E-state index in [9.17, 15) is 4.57 Å². The molecule has 1 aliphatic heterocycles. The molecular formula is C8H6OP+. The highest BCUT2D eigenvalue weighted by molar-refractivity contribution is 7.62. The van der Waals surface area contributed by atoms with Crippen LogP contribution in [0.15, 0.2) is 24.3 Å². The van der Waals surface area contributed by atoms with E-state index in [0.29, 0.717) is 0 Å². The van der Waals surface area contributed by atoms with Gasteiger partial charge in [-0.15, -0.1) is 0 Å². The molecule has 0 N–H and O–H groups in total. The summed E-state index contributed by atoms with van der Waals surface area (Å²) in [5.74, 6) is 3.59. The zero-order valence-electron chi connectivity index (χ0n) is 5.32. The Bertz CT molecular complexity index is 355. The Morgan fingerprint density at radius 2 is 1.50 bits per heavy atom. The van der Waals surface area contributed by atoms with Gasteiger partial charge in [0.1, 0.15) is 0 Å². The van der Waals surface area contributed by atoms with Crippen molar-refractivity contribution in [2.75, 3.05) is 0 Å². The van der Waals surface area contributed by atoms with E-state index in [1.54, 1.807) is 11.6 Å². The van der Waals surface area contributed by atoms with Gasteiger partial charge in [0, 0.05) is 10.4 Å². The molecule has 2 heteroatoms. The SMILES string of the molecule is O=[P+]1C=c2ccccc2=C1. The molecule has 0 fully saturated rings. The number of fused-ring (bicyclic) bond motifs is 1. The minimum absolute atomic E-state index is 1.10. The smallest absolute Gasteiger partial charge is 0.0626 e. The monoisotopic (exact) mass is 149 g/mol. The van der Waals surface area contributed by atoms with E-state index in [2.05, 4.69) is 0 Å². The van der Waals surface area contributed by atoms with Gasteiger partial charge in [-0.3, -0.25) is 0 Å². The molecule has 48 valence electrons. The summed E-state index contributed by atoms with van der Waals surface area (Å²) in [5, 5.41) is 2.20. The Kier molecular flexibility index (Phi) is 1.18. The molecule has 0 unspecified atom stereocenters. The molecule has 0 spiro atoms. The highest BCUT2D eigenvalue weighted by Gasteiger charge is 2.11. The van der Waals surface area contributed by atoms with Crippen LogP contribution in [0.4, 0.5) is 0 Å². The molecule has 0 saturated carbocycles. The van der Waals surface area contributed by atoms with Crippen LogP contribution in [-0.4, -0.2) is 0 Å². The Morgan fingerprint density at radius 1 is 1.00 bits per heavy atom. The lowest BCUT2D eigenvalue weighted by Gasteiger charge is -1.75. The summed E-state index contributed by atoms with van der Waals surface area (Å²) in [5.41, 5.74) is 0. The third kappa shape index (κ3) is 0.795. The summed E-state index contributed by atoms with van der Waals surface area (Å²) < 4.78 is 10.9. The fraction of sp³-hybridized carbons (Fsp3) is 0. The lowest BCUT2D eigenvalue weighted by Crippen LogP contribution is -2.19. The van der Waals surface area contributed by atoms with Crippen LogP contribution >= 0.6 is 7.80 Å². The van der Waals surface area contributed by atoms with E-state index in [1.807, 2.05) is 24.3 Å². The molecule has 0 aromatic heterocycles. The number of hydrogen-bond acceptors (Lipinski definition) is 1. The summed E-state index contributed by atoms with van der Waals surface area (Å²) >= 11 is 0. The highest BCUT2D eigenvalue weighted by atomic mass is 31.1. The number of rotatable bonds is 0. The second kappa shape index (κ2) is 2.03. The van der Waals surface area contributed by atoms with Crippen LogP contribution in [0.1, 0.15) is 0 Å². The largest absolute Gasteiger partial charge is 0.401 e. The van der Waals surface area contributed by atoms with Crippen molar-refractivity contribution in [3.05, 3.63) is 34.7 Å². The van der Waals surface area contributed by atoms with Crippen molar-refractivity contribution in [3.63, 3.8) is 0 Å². The summed E-state index contributed by atoms with van der Waals surface area (Å²) in [6, 6.07) is 7.87. The Hall–Kier alpha value is -0.940. The van der Waals surface area contributed by atoms with Crippen molar-refractivity contribution in [3.8, 4) is 0 Å². The van der Waals surface area contributed by atoms with Gasteiger partial charge in [0.25, 0.3) is 0 Å². The maximum atomic E-state index is 10.9. The van der Waals surface area contributed by atoms with Gasteiger partial charge >= 0.3 is 7.80 Å². The van der Waals surface area contributed by atoms with Gasteiger partial charge in [-0.25, -0.2) is 0 Å². The number of benzene rings is 1. The van der Waals surface area contributed by atoms with Crippen LogP contribution in [0.3, 0.4) is 0 Å². The fourth-order valence-corrected chi connectivity index (χ4v) is 2.15. The van der Waals surface area contributed by atoms with E-state index in [4.69, 9.17) is 0 Å². The van der Waals surface area contributed by atoms with Gasteiger partial charge in [0.15, 0.2) is 11.6 Å². The molecule has 0 amide bonds. The minimum Gasteiger partial charge on any atom is -0.0626 e. The van der Waals surface area contributed by atoms with Gasteiger partial charge in [-0.2, -0.15) is 0 Å². The lowest BCUT2D eigenvalue weighted by atomic mass is 10.3. The molecule has 0 atom stereocenters. The Balaban J connectivity index is 2.96. The topological polar surface area (TPSA) is 17.1 Å². The van der Waals surface area contributed by atoms with Crippen LogP contribution in [0.5, 0.6) is 0 Å². The molecule has 1 nitrogen and oxygen atoms in total. The predicted octanol–water partition coefficient (Wildman–Crippen LogP) is 1.00. The molecule has 0 saturated heterocycles. The van der Waals surface area contributed by atoms with Crippen molar-refractivity contribution >= 4 is 19.4 Å². The van der Waals surface area contributed by atoms with Crippen molar-refractivity contribution in [2.45, 2.75) is 0 Å². The first-order valence-electron chi connectivity index (χ1n) is 3.10. The zero-order valence-corrected chi connectivity index (χ0v) is 6.21. The third-order valence-electron chi connectivity index (χ3n) is 1.53. The van der Waals surface area contributed by atoms with Crippen LogP contribution in [0, 0.1) is 0 Å². The van der Waals surface area contributed by atoms with E-state index >= 15 is 0 Å². The fourth-order valence-electron chi connectivity index (χ4n) is 1.06. The molecule has 1 heterocycles. The average Bonchev–Trinajstić information content (AvgIpc) is 2.27. The summed E-state index contributed by atoms with van der Waals surface area (Å²) in [6.07, 6.45) is 0. The van der Waals surface area contributed by atoms with Crippen LogP contribution in [0.2, 0.25) is 0 Å². The molecular weight excluding hydrogens is 143 g/mol. The first kappa shape index (κ1) is 5.82. The molecule has 0 radical (unpaired) electrons. The van der Waals surface area contributed by atoms with E-state index in [0.717, 1.165) is 10.4 Å². The van der Waals surface area contributed by atoms with Crippen molar-refractivity contribution < 1.29 is 4.57 Å². The molecule has 1 aliphatic rings. The lowest BCUT2D eigenvalue weighted by molar-refractivity contribution is 0.600. The quantitative estimate of drug-likeness (QED) is 0.503. The first-order chi connectivity index (χ1) is 4.86. The Labute approximate surface area is 59.5 Å². The van der Waals surface area contributed by atoms with Gasteiger partial charge in [0.2, 0.25) is 0 Å². The van der Waals surface area contributed by atoms with Crippen LogP contribution < -0.4 is 10.4 Å². The van der Waals surface area contributed by atoms with E-state index in [-0.39, 0.29) is 0 Å². The van der Waals surface area contributed by atoms with Crippen LogP contribution in [-0.2, 0) is 4.57 Å². The number of hydrogen-bond donors (Lipinski definition) is 0. The molecule has 1 aromatic rings. The average molecular weight is 149 g/mol. The normalized spacial score (nSPS) is 13.8. The maximum absolute atomic E-state index is 10.9. The zero-order chi connectivity index (χ0) is 6.97. The van der Waals surface area contributed by atoms with E-state index in [1.165, 1.54) is 0 Å². The third-order valence-corrected chi connectivity index (χ3v) is 2.59. The molecule has 10 heavy (non-hydrogen) atoms. The summed E-state index contributed by atoms with van der Waals surface area (Å²) in [4.78, 5) is 0. The van der Waals surface area contributed by atoms with Crippen molar-refractivity contribution in [1.82, 2.24) is 0 Å². The minimum atomic E-state index is -1.19. The Morgan fingerprint density at radius 3 is 2.00 bits per heavy atom. The van der Waals surface area contributed by atoms with Gasteiger partial charge in [-0.1, -0.05) is 28.8 Å². The second-order valence-corrected chi connectivity index (χ2v) is 3.48. The molecule has 1 aromatic carbocycles. The standard InChI is InChI=1S/C8H6OP/c9-10-5-7-3-1-2-4-8(7)6-10/h1-6H/q+1. The summed E-state index contributed by atoms with van der Waals surface area (Å²) in [7, 11) is -1.19. The van der Waals surface area contributed by atoms with Gasteiger partial charge in [0.05, 0.1) is 0 Å². The van der Waals surface area contributed by atoms with Crippen molar-refractivity contribution in [2.24, 2.45) is 0 Å². The first-order valence-corrected chi connectivity index (χ1v) is 4.50. The molecule has 0 aliphatic carbocycles. The molecule has 0 bridgehead atoms. The van der Waals surface area contributed by atoms with Gasteiger partial charge in [-0.05, 0) is 0 Å².